The zero-order chi connectivity index (χ0) is 26.5. The summed E-state index contributed by atoms with van der Waals surface area (Å²) < 4.78 is 1.06. The number of nitrogens with zero attached hydrogens (tertiary/aromatic N) is 6. The summed E-state index contributed by atoms with van der Waals surface area (Å²) in [6.45, 7) is -0.450. The number of carbonyl (C=O) groups excluding carboxylic acids is 1. The minimum Gasteiger partial charge on any atom is -0.480 e. The summed E-state index contributed by atoms with van der Waals surface area (Å²) in [5, 5.41) is 32.3. The number of carbonyl (C=O) groups is 3. The van der Waals surface area contributed by atoms with E-state index in [0.717, 1.165) is 21.2 Å². The molecule has 0 saturated carbocycles. The van der Waals surface area contributed by atoms with E-state index in [0.29, 0.717) is 29.9 Å². The maximum absolute atomic E-state index is 12.7. The highest BCUT2D eigenvalue weighted by molar-refractivity contribution is 5.96. The van der Waals surface area contributed by atoms with Gasteiger partial charge in [-0.25, -0.2) is 9.48 Å². The number of tetrazole rings is 1. The fourth-order valence-corrected chi connectivity index (χ4v) is 3.87. The molecular weight excluding hydrogens is 484 g/mol. The molecule has 3 aromatic heterocycles. The zero-order valence-corrected chi connectivity index (χ0v) is 19.5. The van der Waals surface area contributed by atoms with Crippen LogP contribution in [0.1, 0.15) is 33.7 Å². The molecule has 37 heavy (non-hydrogen) atoms. The molecule has 4 rings (SSSR count). The van der Waals surface area contributed by atoms with Crippen LogP contribution in [0, 0.1) is 0 Å². The number of nitrogens with one attached hydrogen (secondary N) is 2. The Balaban J connectivity index is 1.35. The minimum atomic E-state index is -1.23. The summed E-state index contributed by atoms with van der Waals surface area (Å²) >= 11 is 0. The Hall–Kier alpha value is -5.08. The van der Waals surface area contributed by atoms with Gasteiger partial charge in [0, 0.05) is 18.2 Å². The minimum absolute atomic E-state index is 0.0255. The number of nitrogens with two attached hydrogens (primary N) is 2. The predicted octanol–water partition coefficient (Wildman–Crippen LogP) is -0.206. The van der Waals surface area contributed by atoms with Crippen LogP contribution in [0.15, 0.2) is 30.5 Å². The number of fused-ring (bicyclic) bond motifs is 1. The molecule has 1 amide bonds. The van der Waals surface area contributed by atoms with Crippen molar-refractivity contribution < 1.29 is 24.6 Å². The third-order valence-electron chi connectivity index (χ3n) is 5.71. The lowest BCUT2D eigenvalue weighted by molar-refractivity contribution is -0.140. The maximum Gasteiger partial charge on any atom is 0.326 e. The van der Waals surface area contributed by atoms with Crippen molar-refractivity contribution in [2.24, 2.45) is 0 Å². The molecule has 0 spiro atoms. The van der Waals surface area contributed by atoms with E-state index in [1.807, 2.05) is 6.20 Å². The number of hydrogen-bond acceptors (Lipinski definition) is 10. The second kappa shape index (κ2) is 10.7. The molecule has 0 aliphatic rings. The standard InChI is InChI=1S/C22H24N10O5/c23-18-17-13(9-25-19(17)28-22(24)27-18)6-3-11-1-4-12(5-2-11)20(35)26-14(21(36)37)7-8-15-29-30-31-32(15)10-16(33)34/h1-2,4-5,9,14H,3,6-8,10H2,(H,26,35)(H,33,34)(H,36,37)(H5,23,24,25,27,28)/t14-/m0/s1. The number of benzene rings is 1. The van der Waals surface area contributed by atoms with Gasteiger partial charge in [-0.15, -0.1) is 5.10 Å². The molecule has 0 fully saturated rings. The second-order valence-corrected chi connectivity index (χ2v) is 8.25. The van der Waals surface area contributed by atoms with Crippen LogP contribution in [0.2, 0.25) is 0 Å². The topological polar surface area (TPSA) is 241 Å². The summed E-state index contributed by atoms with van der Waals surface area (Å²) in [5.41, 5.74) is 14.4. The number of aryl methyl sites for hydroxylation is 3. The van der Waals surface area contributed by atoms with Gasteiger partial charge in [0.1, 0.15) is 24.1 Å². The van der Waals surface area contributed by atoms with Crippen molar-refractivity contribution in [3.8, 4) is 0 Å². The number of rotatable bonds is 11. The quantitative estimate of drug-likeness (QED) is 0.154. The fourth-order valence-electron chi connectivity index (χ4n) is 3.87. The number of hydrogen-bond donors (Lipinski definition) is 6. The van der Waals surface area contributed by atoms with Crippen LogP contribution in [-0.4, -0.2) is 69.3 Å². The van der Waals surface area contributed by atoms with Crippen LogP contribution in [-0.2, 0) is 35.4 Å². The number of H-pyrrole nitrogens is 1. The molecule has 1 atom stereocenters. The van der Waals surface area contributed by atoms with Crippen LogP contribution in [0.4, 0.5) is 11.8 Å². The Bertz CT molecular complexity index is 1450. The lowest BCUT2D eigenvalue weighted by Crippen LogP contribution is -2.41. The van der Waals surface area contributed by atoms with Gasteiger partial charge in [-0.05, 0) is 52.9 Å². The highest BCUT2D eigenvalue weighted by Gasteiger charge is 2.22. The molecule has 192 valence electrons. The summed E-state index contributed by atoms with van der Waals surface area (Å²) in [7, 11) is 0. The fraction of sp³-hybridized carbons (Fsp3) is 0.273. The molecular formula is C22H24N10O5. The summed E-state index contributed by atoms with van der Waals surface area (Å²) in [6, 6.07) is 5.59. The second-order valence-electron chi connectivity index (χ2n) is 8.25. The smallest absolute Gasteiger partial charge is 0.326 e. The third kappa shape index (κ3) is 5.95. The normalized spacial score (nSPS) is 11.9. The Morgan fingerprint density at radius 1 is 1.05 bits per heavy atom. The molecule has 1 aromatic carbocycles. The molecule has 0 bridgehead atoms. The first kappa shape index (κ1) is 25.0. The van der Waals surface area contributed by atoms with Gasteiger partial charge in [0.25, 0.3) is 5.91 Å². The van der Waals surface area contributed by atoms with E-state index < -0.39 is 30.4 Å². The van der Waals surface area contributed by atoms with E-state index in [-0.39, 0.29) is 24.6 Å². The number of aromatic nitrogens is 7. The van der Waals surface area contributed by atoms with Gasteiger partial charge in [-0.3, -0.25) is 9.59 Å². The van der Waals surface area contributed by atoms with Gasteiger partial charge >= 0.3 is 11.9 Å². The maximum atomic E-state index is 12.7. The number of aliphatic carboxylic acids is 2. The van der Waals surface area contributed by atoms with E-state index in [4.69, 9.17) is 16.6 Å². The van der Waals surface area contributed by atoms with E-state index in [9.17, 15) is 19.5 Å². The summed E-state index contributed by atoms with van der Waals surface area (Å²) in [5.74, 6) is -2.31. The van der Waals surface area contributed by atoms with E-state index in [1.54, 1.807) is 24.3 Å². The van der Waals surface area contributed by atoms with Crippen LogP contribution < -0.4 is 16.8 Å². The molecule has 0 aliphatic heterocycles. The lowest BCUT2D eigenvalue weighted by atomic mass is 10.0. The van der Waals surface area contributed by atoms with Crippen molar-refractivity contribution in [2.75, 3.05) is 11.5 Å². The number of aromatic amines is 1. The molecule has 3 heterocycles. The summed E-state index contributed by atoms with van der Waals surface area (Å²) in [6.07, 6.45) is 3.14. The van der Waals surface area contributed by atoms with Gasteiger partial charge in [-0.2, -0.15) is 9.97 Å². The van der Waals surface area contributed by atoms with Gasteiger partial charge in [0.05, 0.1) is 5.39 Å². The van der Waals surface area contributed by atoms with E-state index in [2.05, 4.69) is 35.8 Å². The van der Waals surface area contributed by atoms with E-state index >= 15 is 0 Å². The highest BCUT2D eigenvalue weighted by atomic mass is 16.4. The third-order valence-corrected chi connectivity index (χ3v) is 5.71. The Morgan fingerprint density at radius 3 is 2.51 bits per heavy atom. The van der Waals surface area contributed by atoms with Crippen molar-refractivity contribution in [3.05, 3.63) is 53.0 Å². The van der Waals surface area contributed by atoms with Gasteiger partial charge in [0.2, 0.25) is 5.95 Å². The van der Waals surface area contributed by atoms with Crippen molar-refractivity contribution in [3.63, 3.8) is 0 Å². The Labute approximate surface area is 208 Å². The van der Waals surface area contributed by atoms with Gasteiger partial charge < -0.3 is 32.0 Å². The van der Waals surface area contributed by atoms with Crippen molar-refractivity contribution in [1.29, 1.82) is 0 Å². The number of amides is 1. The first-order chi connectivity index (χ1) is 17.7. The average molecular weight is 508 g/mol. The molecule has 0 saturated heterocycles. The molecule has 0 unspecified atom stereocenters. The van der Waals surface area contributed by atoms with Crippen LogP contribution >= 0.6 is 0 Å². The SMILES string of the molecule is Nc1nc(N)c2c(CCc3ccc(C(=O)N[C@@H](CCc4nnnn4CC(=O)O)C(=O)O)cc3)c[nH]c2n1. The molecule has 8 N–H and O–H groups in total. The first-order valence-electron chi connectivity index (χ1n) is 11.2. The lowest BCUT2D eigenvalue weighted by Gasteiger charge is -2.14. The highest BCUT2D eigenvalue weighted by Crippen LogP contribution is 2.24. The predicted molar refractivity (Wildman–Crippen MR) is 129 cm³/mol. The zero-order valence-electron chi connectivity index (χ0n) is 19.5. The van der Waals surface area contributed by atoms with Crippen LogP contribution in [0.25, 0.3) is 11.0 Å². The van der Waals surface area contributed by atoms with Crippen LogP contribution in [0.5, 0.6) is 0 Å². The Kier molecular flexibility index (Phi) is 7.22. The molecule has 0 radical (unpaired) electrons. The van der Waals surface area contributed by atoms with Crippen molar-refractivity contribution in [1.82, 2.24) is 40.5 Å². The molecule has 4 aromatic rings. The van der Waals surface area contributed by atoms with Crippen molar-refractivity contribution in [2.45, 2.75) is 38.3 Å². The molecule has 15 nitrogen and oxygen atoms in total. The summed E-state index contributed by atoms with van der Waals surface area (Å²) in [4.78, 5) is 46.4. The molecule has 0 aliphatic carbocycles. The number of nitrogen functional groups attached to an aromatic ring is 2. The van der Waals surface area contributed by atoms with Gasteiger partial charge in [-0.1, -0.05) is 12.1 Å². The number of carboxylic acids is 2. The monoisotopic (exact) mass is 508 g/mol. The number of carboxylic acid groups (broad SMARTS) is 2. The Morgan fingerprint density at radius 2 is 1.81 bits per heavy atom. The van der Waals surface area contributed by atoms with Crippen LogP contribution in [0.3, 0.4) is 0 Å². The average Bonchev–Trinajstić information content (AvgIpc) is 3.46. The molecule has 15 heteroatoms. The first-order valence-corrected chi connectivity index (χ1v) is 11.2. The van der Waals surface area contributed by atoms with Crippen molar-refractivity contribution >= 4 is 40.6 Å². The largest absolute Gasteiger partial charge is 0.480 e. The van der Waals surface area contributed by atoms with Gasteiger partial charge in [0.15, 0.2) is 5.82 Å². The van der Waals surface area contributed by atoms with E-state index in [1.165, 1.54) is 0 Å². The number of anilines is 2.